The molecular formula is C45H48N2. The zero-order chi connectivity index (χ0) is 31.8. The molecule has 47 heavy (non-hydrogen) atoms. The molecule has 0 radical (unpaired) electrons. The number of fused-ring (bicyclic) bond motifs is 3. The first-order valence-electron chi connectivity index (χ1n) is 18.1. The van der Waals surface area contributed by atoms with Gasteiger partial charge in [0.25, 0.3) is 0 Å². The van der Waals surface area contributed by atoms with E-state index in [-0.39, 0.29) is 10.8 Å². The highest BCUT2D eigenvalue weighted by atomic mass is 14.9. The van der Waals surface area contributed by atoms with Gasteiger partial charge in [0.1, 0.15) is 0 Å². The zero-order valence-corrected chi connectivity index (χ0v) is 28.1. The molecule has 0 aliphatic heterocycles. The van der Waals surface area contributed by atoms with Crippen molar-refractivity contribution in [3.05, 3.63) is 143 Å². The van der Waals surface area contributed by atoms with E-state index in [4.69, 9.17) is 0 Å². The van der Waals surface area contributed by atoms with Gasteiger partial charge >= 0.3 is 0 Å². The fourth-order valence-corrected chi connectivity index (χ4v) is 9.05. The van der Waals surface area contributed by atoms with Gasteiger partial charge in [-0.05, 0) is 119 Å². The number of rotatable bonds is 7. The van der Waals surface area contributed by atoms with Gasteiger partial charge in [0, 0.05) is 33.6 Å². The quantitative estimate of drug-likeness (QED) is 0.190. The molecule has 2 N–H and O–H groups in total. The van der Waals surface area contributed by atoms with E-state index in [1.165, 1.54) is 109 Å². The van der Waals surface area contributed by atoms with Crippen LogP contribution in [0, 0.1) is 0 Å². The second kappa shape index (κ2) is 12.4. The summed E-state index contributed by atoms with van der Waals surface area (Å²) in [5.74, 6) is 0.749. The predicted molar refractivity (Wildman–Crippen MR) is 200 cm³/mol. The van der Waals surface area contributed by atoms with Crippen LogP contribution in [0.2, 0.25) is 0 Å². The molecule has 0 heterocycles. The maximum absolute atomic E-state index is 3.72. The summed E-state index contributed by atoms with van der Waals surface area (Å²) in [5.41, 5.74) is 14.6. The molecule has 3 aliphatic rings. The van der Waals surface area contributed by atoms with Gasteiger partial charge in [-0.2, -0.15) is 0 Å². The zero-order valence-electron chi connectivity index (χ0n) is 28.1. The summed E-state index contributed by atoms with van der Waals surface area (Å²) >= 11 is 0. The lowest BCUT2D eigenvalue weighted by Crippen LogP contribution is -2.30. The van der Waals surface area contributed by atoms with E-state index in [1.54, 1.807) is 0 Å². The van der Waals surface area contributed by atoms with Crippen molar-refractivity contribution in [3.8, 4) is 11.1 Å². The highest BCUT2D eigenvalue weighted by Gasteiger charge is 2.36. The SMILES string of the molecule is CC1(C)c2ccccc2-c2cc(Nc3ccc(C4(c5ccc(Nc6ccc(C7CCCCC7)cc6)cc5)CCCCC4)cc3)ccc21. The molecule has 5 aromatic rings. The number of benzene rings is 5. The van der Waals surface area contributed by atoms with Gasteiger partial charge in [-0.1, -0.05) is 119 Å². The van der Waals surface area contributed by atoms with E-state index in [9.17, 15) is 0 Å². The minimum atomic E-state index is 0.0362. The molecule has 0 bridgehead atoms. The van der Waals surface area contributed by atoms with Crippen LogP contribution >= 0.6 is 0 Å². The van der Waals surface area contributed by atoms with E-state index in [0.29, 0.717) is 0 Å². The van der Waals surface area contributed by atoms with Crippen LogP contribution in [0.5, 0.6) is 0 Å². The molecule has 238 valence electrons. The number of nitrogens with one attached hydrogen (secondary N) is 2. The highest BCUT2D eigenvalue weighted by molar-refractivity contribution is 5.83. The molecule has 2 heteroatoms. The average Bonchev–Trinajstić information content (AvgIpc) is 3.35. The van der Waals surface area contributed by atoms with Gasteiger partial charge in [-0.3, -0.25) is 0 Å². The molecule has 0 spiro atoms. The Bertz CT molecular complexity index is 1830. The van der Waals surface area contributed by atoms with Gasteiger partial charge in [0.2, 0.25) is 0 Å². The van der Waals surface area contributed by atoms with Crippen LogP contribution in [0.25, 0.3) is 11.1 Å². The van der Waals surface area contributed by atoms with E-state index in [0.717, 1.165) is 23.0 Å². The van der Waals surface area contributed by atoms with E-state index < -0.39 is 0 Å². The third kappa shape index (κ3) is 5.67. The lowest BCUT2D eigenvalue weighted by atomic mass is 9.65. The highest BCUT2D eigenvalue weighted by Crippen LogP contribution is 2.50. The lowest BCUT2D eigenvalue weighted by molar-refractivity contribution is 0.346. The third-order valence-corrected chi connectivity index (χ3v) is 11.7. The summed E-state index contributed by atoms with van der Waals surface area (Å²) in [6.45, 7) is 4.68. The molecule has 0 saturated heterocycles. The Morgan fingerprint density at radius 1 is 0.489 bits per heavy atom. The fraction of sp³-hybridized carbons (Fsp3) is 0.333. The first kappa shape index (κ1) is 30.1. The van der Waals surface area contributed by atoms with Gasteiger partial charge in [0.15, 0.2) is 0 Å². The first-order chi connectivity index (χ1) is 23.0. The lowest BCUT2D eigenvalue weighted by Gasteiger charge is -2.39. The molecule has 5 aromatic carbocycles. The Labute approximate surface area is 281 Å². The minimum absolute atomic E-state index is 0.0362. The van der Waals surface area contributed by atoms with Crippen molar-refractivity contribution in [2.45, 2.75) is 94.8 Å². The molecule has 3 aliphatic carbocycles. The van der Waals surface area contributed by atoms with E-state index in [1.807, 2.05) is 0 Å². The van der Waals surface area contributed by atoms with Crippen LogP contribution in [0.3, 0.4) is 0 Å². The number of hydrogen-bond acceptors (Lipinski definition) is 2. The second-order valence-corrected chi connectivity index (χ2v) is 14.9. The Kier molecular flexibility index (Phi) is 7.92. The van der Waals surface area contributed by atoms with Crippen molar-refractivity contribution >= 4 is 22.7 Å². The Morgan fingerprint density at radius 3 is 1.64 bits per heavy atom. The summed E-state index contributed by atoms with van der Waals surface area (Å²) in [4.78, 5) is 0. The smallest absolute Gasteiger partial charge is 0.0390 e. The molecule has 0 amide bonds. The first-order valence-corrected chi connectivity index (χ1v) is 18.1. The van der Waals surface area contributed by atoms with Crippen molar-refractivity contribution in [1.82, 2.24) is 0 Å². The summed E-state index contributed by atoms with van der Waals surface area (Å²) < 4.78 is 0. The molecule has 0 unspecified atom stereocenters. The van der Waals surface area contributed by atoms with Crippen LogP contribution < -0.4 is 10.6 Å². The molecule has 8 rings (SSSR count). The van der Waals surface area contributed by atoms with E-state index >= 15 is 0 Å². The average molecular weight is 617 g/mol. The van der Waals surface area contributed by atoms with Crippen LogP contribution in [0.1, 0.15) is 112 Å². The van der Waals surface area contributed by atoms with Crippen molar-refractivity contribution in [1.29, 1.82) is 0 Å². The van der Waals surface area contributed by atoms with Crippen molar-refractivity contribution < 1.29 is 0 Å². The molecule has 0 aromatic heterocycles. The molecule has 2 saturated carbocycles. The predicted octanol–water partition coefficient (Wildman–Crippen LogP) is 12.8. The van der Waals surface area contributed by atoms with E-state index in [2.05, 4.69) is 140 Å². The number of hydrogen-bond donors (Lipinski definition) is 2. The van der Waals surface area contributed by atoms with Crippen molar-refractivity contribution in [2.24, 2.45) is 0 Å². The minimum Gasteiger partial charge on any atom is -0.356 e. The van der Waals surface area contributed by atoms with Crippen molar-refractivity contribution in [2.75, 3.05) is 10.6 Å². The van der Waals surface area contributed by atoms with Crippen LogP contribution in [-0.4, -0.2) is 0 Å². The molecular weight excluding hydrogens is 569 g/mol. The third-order valence-electron chi connectivity index (χ3n) is 11.7. The second-order valence-electron chi connectivity index (χ2n) is 14.9. The normalized spacial score (nSPS) is 18.3. The van der Waals surface area contributed by atoms with Gasteiger partial charge in [0.05, 0.1) is 0 Å². The largest absolute Gasteiger partial charge is 0.356 e. The van der Waals surface area contributed by atoms with Crippen LogP contribution in [0.15, 0.2) is 115 Å². The Balaban J connectivity index is 0.992. The monoisotopic (exact) mass is 616 g/mol. The van der Waals surface area contributed by atoms with Gasteiger partial charge in [-0.25, -0.2) is 0 Å². The van der Waals surface area contributed by atoms with Crippen LogP contribution in [-0.2, 0) is 10.8 Å². The van der Waals surface area contributed by atoms with Gasteiger partial charge in [-0.15, -0.1) is 0 Å². The summed E-state index contributed by atoms with van der Waals surface area (Å²) in [5, 5.41) is 7.38. The summed E-state index contributed by atoms with van der Waals surface area (Å²) in [7, 11) is 0. The fourth-order valence-electron chi connectivity index (χ4n) is 9.05. The summed E-state index contributed by atoms with van der Waals surface area (Å²) in [6, 6.07) is 43.6. The Hall–Kier alpha value is -4.30. The molecule has 2 fully saturated rings. The van der Waals surface area contributed by atoms with Crippen LogP contribution in [0.4, 0.5) is 22.7 Å². The van der Waals surface area contributed by atoms with Gasteiger partial charge < -0.3 is 10.6 Å². The molecule has 2 nitrogen and oxygen atoms in total. The Morgan fingerprint density at radius 2 is 1.00 bits per heavy atom. The maximum atomic E-state index is 3.72. The topological polar surface area (TPSA) is 24.1 Å². The van der Waals surface area contributed by atoms with Crippen molar-refractivity contribution in [3.63, 3.8) is 0 Å². The summed E-state index contributed by atoms with van der Waals surface area (Å²) in [6.07, 6.45) is 13.1. The number of anilines is 4. The molecule has 0 atom stereocenters. The standard InChI is InChI=1S/C45H48N2/c1-44(2)42-14-8-7-13-40(42)41-31-39(27-28-43(41)44)47-38-25-19-35(20-26-38)45(29-9-4-10-30-45)34-17-23-37(24-18-34)46-36-21-15-33(16-22-36)32-11-5-3-6-12-32/h7-8,13-28,31-32,46-47H,3-6,9-12,29-30H2,1-2H3. The maximum Gasteiger partial charge on any atom is 0.0390 e.